The molecule has 1 N–H and O–H groups in total. The zero-order chi connectivity index (χ0) is 11.7. The topological polar surface area (TPSA) is 32.3 Å². The van der Waals surface area contributed by atoms with Crippen molar-refractivity contribution < 1.29 is 4.79 Å². The zero-order valence-electron chi connectivity index (χ0n) is 8.89. The van der Waals surface area contributed by atoms with Crippen molar-refractivity contribution in [2.75, 3.05) is 18.0 Å². The van der Waals surface area contributed by atoms with Crippen LogP contribution in [0.3, 0.4) is 0 Å². The van der Waals surface area contributed by atoms with Crippen LogP contribution in [0.25, 0.3) is 0 Å². The van der Waals surface area contributed by atoms with Gasteiger partial charge in [0.25, 0.3) is 0 Å². The lowest BCUT2D eigenvalue weighted by molar-refractivity contribution is 0.243. The molecule has 3 nitrogen and oxygen atoms in total. The Morgan fingerprint density at radius 2 is 2.25 bits per heavy atom. The lowest BCUT2D eigenvalue weighted by Crippen LogP contribution is -2.46. The summed E-state index contributed by atoms with van der Waals surface area (Å²) in [5.41, 5.74) is 1.82. The van der Waals surface area contributed by atoms with Crippen molar-refractivity contribution in [1.82, 2.24) is 5.32 Å². The van der Waals surface area contributed by atoms with Crippen molar-refractivity contribution in [3.63, 3.8) is 0 Å². The predicted octanol–water partition coefficient (Wildman–Crippen LogP) is 3.33. The maximum absolute atomic E-state index is 11.7. The van der Waals surface area contributed by atoms with Crippen LogP contribution in [0.2, 0.25) is 5.02 Å². The monoisotopic (exact) mass is 302 g/mol. The van der Waals surface area contributed by atoms with Crippen LogP contribution in [-0.2, 0) is 0 Å². The van der Waals surface area contributed by atoms with Gasteiger partial charge in [0.2, 0.25) is 0 Å². The molecule has 1 aromatic rings. The van der Waals surface area contributed by atoms with Gasteiger partial charge in [-0.15, -0.1) is 0 Å². The fourth-order valence-corrected chi connectivity index (χ4v) is 2.53. The third-order valence-corrected chi connectivity index (χ3v) is 3.64. The quantitative estimate of drug-likeness (QED) is 0.848. The molecule has 2 rings (SSSR count). The zero-order valence-corrected chi connectivity index (χ0v) is 11.2. The number of carbonyl (C=O) groups excluding carboxylic acids is 1. The van der Waals surface area contributed by atoms with Crippen LogP contribution in [0.15, 0.2) is 16.6 Å². The first-order valence-corrected chi connectivity index (χ1v) is 6.27. The summed E-state index contributed by atoms with van der Waals surface area (Å²) in [5.74, 6) is 0. The summed E-state index contributed by atoms with van der Waals surface area (Å²) in [6, 6.07) is 3.69. The fourth-order valence-electron chi connectivity index (χ4n) is 1.70. The number of urea groups is 1. The van der Waals surface area contributed by atoms with Gasteiger partial charge in [-0.3, -0.25) is 4.90 Å². The average Bonchev–Trinajstić information content (AvgIpc) is 2.25. The van der Waals surface area contributed by atoms with Crippen molar-refractivity contribution >= 4 is 39.2 Å². The molecule has 0 atom stereocenters. The van der Waals surface area contributed by atoms with Crippen LogP contribution in [0, 0.1) is 6.92 Å². The van der Waals surface area contributed by atoms with E-state index in [0.29, 0.717) is 5.02 Å². The average molecular weight is 304 g/mol. The molecule has 0 aromatic heterocycles. The summed E-state index contributed by atoms with van der Waals surface area (Å²) in [4.78, 5) is 13.4. The Hall–Kier alpha value is -0.740. The Labute approximate surface area is 108 Å². The highest BCUT2D eigenvalue weighted by Gasteiger charge is 2.21. The molecular weight excluding hydrogens is 291 g/mol. The van der Waals surface area contributed by atoms with Gasteiger partial charge in [0.1, 0.15) is 0 Å². The smallest absolute Gasteiger partial charge is 0.321 e. The van der Waals surface area contributed by atoms with E-state index < -0.39 is 0 Å². The van der Waals surface area contributed by atoms with Crippen LogP contribution in [0.1, 0.15) is 12.0 Å². The molecule has 2 amide bonds. The van der Waals surface area contributed by atoms with Crippen molar-refractivity contribution in [2.45, 2.75) is 13.3 Å². The molecule has 0 radical (unpaired) electrons. The molecular formula is C11H12BrClN2O. The number of hydrogen-bond acceptors (Lipinski definition) is 1. The molecule has 1 heterocycles. The summed E-state index contributed by atoms with van der Waals surface area (Å²) in [6.45, 7) is 3.41. The summed E-state index contributed by atoms with van der Waals surface area (Å²) >= 11 is 9.54. The fraction of sp³-hybridized carbons (Fsp3) is 0.364. The maximum atomic E-state index is 11.7. The van der Waals surface area contributed by atoms with Crippen molar-refractivity contribution in [3.8, 4) is 0 Å². The van der Waals surface area contributed by atoms with Gasteiger partial charge in [0, 0.05) is 22.6 Å². The molecule has 1 saturated heterocycles. The first-order valence-electron chi connectivity index (χ1n) is 5.10. The molecule has 16 heavy (non-hydrogen) atoms. The third kappa shape index (κ3) is 2.18. The lowest BCUT2D eigenvalue weighted by atomic mass is 10.2. The van der Waals surface area contributed by atoms with E-state index in [1.807, 2.05) is 19.1 Å². The summed E-state index contributed by atoms with van der Waals surface area (Å²) in [6.07, 6.45) is 0.948. The third-order valence-electron chi connectivity index (χ3n) is 2.60. The molecule has 1 fully saturated rings. The maximum Gasteiger partial charge on any atom is 0.321 e. The van der Waals surface area contributed by atoms with Gasteiger partial charge in [-0.05, 0) is 47.0 Å². The molecule has 0 unspecified atom stereocenters. The van der Waals surface area contributed by atoms with E-state index in [1.165, 1.54) is 0 Å². The number of carbonyl (C=O) groups is 1. The van der Waals surface area contributed by atoms with Crippen LogP contribution < -0.4 is 10.2 Å². The van der Waals surface area contributed by atoms with Gasteiger partial charge in [-0.25, -0.2) is 4.79 Å². The van der Waals surface area contributed by atoms with E-state index in [2.05, 4.69) is 21.2 Å². The number of aryl methyl sites for hydroxylation is 1. The minimum atomic E-state index is -0.0631. The Kier molecular flexibility index (Phi) is 3.40. The van der Waals surface area contributed by atoms with Gasteiger partial charge in [-0.2, -0.15) is 0 Å². The molecule has 0 saturated carbocycles. The standard InChI is InChI=1S/C11H12BrClN2O/c1-7-5-8(12)10(6-9(7)13)15-4-2-3-14-11(15)16/h5-6H,2-4H2,1H3,(H,14,16). The molecule has 0 bridgehead atoms. The minimum absolute atomic E-state index is 0.0631. The number of nitrogens with zero attached hydrogens (tertiary/aromatic N) is 1. The van der Waals surface area contributed by atoms with E-state index in [0.717, 1.165) is 35.2 Å². The molecule has 0 spiro atoms. The number of rotatable bonds is 1. The molecule has 86 valence electrons. The predicted molar refractivity (Wildman–Crippen MR) is 69.3 cm³/mol. The normalized spacial score (nSPS) is 16.2. The molecule has 1 aliphatic rings. The SMILES string of the molecule is Cc1cc(Br)c(N2CCCNC2=O)cc1Cl. The molecule has 0 aliphatic carbocycles. The highest BCUT2D eigenvalue weighted by atomic mass is 79.9. The van der Waals surface area contributed by atoms with Crippen LogP contribution in [0.5, 0.6) is 0 Å². The highest BCUT2D eigenvalue weighted by molar-refractivity contribution is 9.10. The largest absolute Gasteiger partial charge is 0.338 e. The van der Waals surface area contributed by atoms with Crippen molar-refractivity contribution in [2.24, 2.45) is 0 Å². The van der Waals surface area contributed by atoms with E-state index >= 15 is 0 Å². The summed E-state index contributed by atoms with van der Waals surface area (Å²) in [5, 5.41) is 3.49. The summed E-state index contributed by atoms with van der Waals surface area (Å²) in [7, 11) is 0. The van der Waals surface area contributed by atoms with E-state index in [-0.39, 0.29) is 6.03 Å². The Bertz CT molecular complexity index is 436. The van der Waals surface area contributed by atoms with Gasteiger partial charge in [0.15, 0.2) is 0 Å². The minimum Gasteiger partial charge on any atom is -0.338 e. The molecule has 1 aliphatic heterocycles. The lowest BCUT2D eigenvalue weighted by Gasteiger charge is -2.28. The van der Waals surface area contributed by atoms with Crippen molar-refractivity contribution in [1.29, 1.82) is 0 Å². The number of hydrogen-bond donors (Lipinski definition) is 1. The summed E-state index contributed by atoms with van der Waals surface area (Å²) < 4.78 is 0.895. The number of amides is 2. The van der Waals surface area contributed by atoms with E-state index in [1.54, 1.807) is 4.90 Å². The second-order valence-electron chi connectivity index (χ2n) is 3.79. The van der Waals surface area contributed by atoms with Gasteiger partial charge >= 0.3 is 6.03 Å². The second kappa shape index (κ2) is 4.63. The molecule has 5 heteroatoms. The van der Waals surface area contributed by atoms with Crippen LogP contribution in [0.4, 0.5) is 10.5 Å². The molecule has 1 aromatic carbocycles. The van der Waals surface area contributed by atoms with E-state index in [9.17, 15) is 4.79 Å². The van der Waals surface area contributed by atoms with Crippen LogP contribution >= 0.6 is 27.5 Å². The number of benzene rings is 1. The Morgan fingerprint density at radius 3 is 2.94 bits per heavy atom. The highest BCUT2D eigenvalue weighted by Crippen LogP contribution is 2.32. The van der Waals surface area contributed by atoms with Crippen LogP contribution in [-0.4, -0.2) is 19.1 Å². The van der Waals surface area contributed by atoms with E-state index in [4.69, 9.17) is 11.6 Å². The van der Waals surface area contributed by atoms with Crippen molar-refractivity contribution in [3.05, 3.63) is 27.2 Å². The Balaban J connectivity index is 2.39. The first-order chi connectivity index (χ1) is 7.59. The number of halogens is 2. The van der Waals surface area contributed by atoms with Gasteiger partial charge in [0.05, 0.1) is 5.69 Å². The Morgan fingerprint density at radius 1 is 1.50 bits per heavy atom. The first kappa shape index (κ1) is 11.7. The van der Waals surface area contributed by atoms with Gasteiger partial charge in [-0.1, -0.05) is 11.6 Å². The number of anilines is 1. The number of nitrogens with one attached hydrogen (secondary N) is 1. The second-order valence-corrected chi connectivity index (χ2v) is 5.05. The van der Waals surface area contributed by atoms with Gasteiger partial charge < -0.3 is 5.32 Å².